The molecule has 1 aromatic carbocycles. The molecule has 1 aromatic heterocycles. The van der Waals surface area contributed by atoms with E-state index in [0.29, 0.717) is 22.8 Å². The van der Waals surface area contributed by atoms with E-state index in [1.54, 1.807) is 42.6 Å². The lowest BCUT2D eigenvalue weighted by Crippen LogP contribution is -2.24. The molecule has 1 unspecified atom stereocenters. The summed E-state index contributed by atoms with van der Waals surface area (Å²) in [6.45, 7) is 10.4. The van der Waals surface area contributed by atoms with Gasteiger partial charge in [0.1, 0.15) is 0 Å². The van der Waals surface area contributed by atoms with E-state index in [-0.39, 0.29) is 13.2 Å². The number of likely N-dealkylation sites (tertiary alicyclic amines) is 1. The van der Waals surface area contributed by atoms with Crippen molar-refractivity contribution in [3.05, 3.63) is 48.2 Å². The van der Waals surface area contributed by atoms with E-state index in [9.17, 15) is 9.59 Å². The molecule has 0 radical (unpaired) electrons. The fourth-order valence-corrected chi connectivity index (χ4v) is 3.56. The Hall–Kier alpha value is -2.73. The third-order valence-corrected chi connectivity index (χ3v) is 5.19. The van der Waals surface area contributed by atoms with Crippen molar-refractivity contribution in [2.75, 3.05) is 30.4 Å². The average Bonchev–Trinajstić information content (AvgIpc) is 3.01. The Balaban J connectivity index is 0.000000340. The number of hydrogen-bond acceptors (Lipinski definition) is 4. The number of carbonyl (C=O) groups is 2. The number of pyridine rings is 1. The molecule has 1 atom stereocenters. The topological polar surface area (TPSA) is 65.5 Å². The first-order valence-corrected chi connectivity index (χ1v) is 10.8. The number of hydrogen-bond donors (Lipinski definition) is 1. The Morgan fingerprint density at radius 2 is 1.87 bits per heavy atom. The van der Waals surface area contributed by atoms with Crippen molar-refractivity contribution in [2.45, 2.75) is 47.0 Å². The number of para-hydroxylation sites is 1. The maximum Gasteiger partial charge on any atom is 0.257 e. The lowest BCUT2D eigenvalue weighted by molar-refractivity contribution is -0.115. The van der Waals surface area contributed by atoms with E-state index in [1.165, 1.54) is 44.2 Å². The zero-order valence-corrected chi connectivity index (χ0v) is 18.8. The first-order valence-electron chi connectivity index (χ1n) is 10.8. The van der Waals surface area contributed by atoms with Crippen LogP contribution in [0.4, 0.5) is 17.2 Å². The molecule has 164 valence electrons. The fourth-order valence-electron chi connectivity index (χ4n) is 3.56. The molecular weight excluding hydrogens is 376 g/mol. The van der Waals surface area contributed by atoms with E-state index < -0.39 is 0 Å². The minimum absolute atomic E-state index is 0. The second-order valence-electron chi connectivity index (χ2n) is 7.54. The van der Waals surface area contributed by atoms with Gasteiger partial charge in [-0.3, -0.25) is 14.5 Å². The normalized spacial score (nSPS) is 18.1. The van der Waals surface area contributed by atoms with Gasteiger partial charge in [-0.25, -0.2) is 4.98 Å². The molecule has 0 saturated carbocycles. The van der Waals surface area contributed by atoms with Crippen LogP contribution in [0.15, 0.2) is 42.6 Å². The molecule has 30 heavy (non-hydrogen) atoms. The molecule has 1 N–H and O–H groups in total. The van der Waals surface area contributed by atoms with Crippen LogP contribution in [0.1, 0.15) is 58.7 Å². The predicted molar refractivity (Wildman–Crippen MR) is 125 cm³/mol. The molecule has 1 fully saturated rings. The summed E-state index contributed by atoms with van der Waals surface area (Å²) in [4.78, 5) is 32.2. The highest BCUT2D eigenvalue weighted by Gasteiger charge is 2.27. The van der Waals surface area contributed by atoms with E-state index in [4.69, 9.17) is 0 Å². The molecule has 0 spiro atoms. The summed E-state index contributed by atoms with van der Waals surface area (Å²) < 4.78 is 0. The van der Waals surface area contributed by atoms with Crippen molar-refractivity contribution >= 4 is 29.0 Å². The average molecular weight is 413 g/mol. The summed E-state index contributed by atoms with van der Waals surface area (Å²) >= 11 is 0. The highest BCUT2D eigenvalue weighted by molar-refractivity contribution is 6.16. The summed E-state index contributed by atoms with van der Waals surface area (Å²) in [5.41, 5.74) is 1.53. The Morgan fingerprint density at radius 3 is 2.60 bits per heavy atom. The van der Waals surface area contributed by atoms with Crippen molar-refractivity contribution in [1.29, 1.82) is 0 Å². The minimum atomic E-state index is -0.242. The van der Waals surface area contributed by atoms with Gasteiger partial charge in [0, 0.05) is 14.5 Å². The van der Waals surface area contributed by atoms with E-state index in [0.717, 1.165) is 5.92 Å². The molecule has 2 amide bonds. The summed E-state index contributed by atoms with van der Waals surface area (Å²) in [6, 6.07) is 10.4. The van der Waals surface area contributed by atoms with Crippen LogP contribution in [0, 0.1) is 5.92 Å². The van der Waals surface area contributed by atoms with E-state index >= 15 is 0 Å². The summed E-state index contributed by atoms with van der Waals surface area (Å²) in [5, 5.41) is 2.77. The van der Waals surface area contributed by atoms with Gasteiger partial charge in [0.05, 0.1) is 16.9 Å². The van der Waals surface area contributed by atoms with Gasteiger partial charge in [0.15, 0.2) is 5.82 Å². The number of fused-ring (bicyclic) bond motifs is 2. The third-order valence-electron chi connectivity index (χ3n) is 5.19. The van der Waals surface area contributed by atoms with Crippen molar-refractivity contribution in [3.63, 3.8) is 0 Å². The van der Waals surface area contributed by atoms with Gasteiger partial charge in [0.25, 0.3) is 5.91 Å². The van der Waals surface area contributed by atoms with Crippen LogP contribution >= 0.6 is 0 Å². The predicted octanol–water partition coefficient (Wildman–Crippen LogP) is 5.34. The second-order valence-corrected chi connectivity index (χ2v) is 7.54. The van der Waals surface area contributed by atoms with Gasteiger partial charge in [-0.1, -0.05) is 32.9 Å². The number of rotatable bonds is 0. The Bertz CT molecular complexity index is 849. The van der Waals surface area contributed by atoms with Gasteiger partial charge < -0.3 is 10.2 Å². The van der Waals surface area contributed by atoms with E-state index in [2.05, 4.69) is 29.2 Å². The standard InChI is InChI=1S/C14H11N3O2.C8H17N.C2H6.H2/c1-9(18)17-12-7-3-2-5-10(12)14(19)16-11-6-4-8-15-13(11)17;1-8-4-3-6-9(2)7-5-8;1-2;/h2-8H,1H3,(H,16,19);8H,3-7H2,1-2H3;1-2H3;1H. The van der Waals surface area contributed by atoms with Crippen molar-refractivity contribution in [2.24, 2.45) is 5.92 Å². The molecule has 4 rings (SSSR count). The minimum Gasteiger partial charge on any atom is -0.319 e. The molecule has 0 bridgehead atoms. The first-order chi connectivity index (χ1) is 14.5. The molecule has 0 aliphatic carbocycles. The number of nitrogens with zero attached hydrogens (tertiary/aromatic N) is 3. The van der Waals surface area contributed by atoms with Crippen molar-refractivity contribution in [3.8, 4) is 0 Å². The lowest BCUT2D eigenvalue weighted by atomic mass is 10.0. The van der Waals surface area contributed by atoms with Crippen LogP contribution < -0.4 is 10.2 Å². The fraction of sp³-hybridized carbons (Fsp3) is 0.458. The highest BCUT2D eigenvalue weighted by Crippen LogP contribution is 2.35. The van der Waals surface area contributed by atoms with Crippen molar-refractivity contribution in [1.82, 2.24) is 9.88 Å². The molecule has 6 nitrogen and oxygen atoms in total. The SMILES string of the molecule is CC.CC(=O)N1c2ccccc2C(=O)Nc2cccnc21.CC1CCCN(C)CC1.[HH]. The number of aromatic nitrogens is 1. The first kappa shape index (κ1) is 23.5. The molecule has 2 aliphatic rings. The molecule has 2 aliphatic heterocycles. The summed E-state index contributed by atoms with van der Waals surface area (Å²) in [6.07, 6.45) is 5.83. The van der Waals surface area contributed by atoms with Crippen LogP contribution in [0.3, 0.4) is 0 Å². The Kier molecular flexibility index (Phi) is 8.99. The van der Waals surface area contributed by atoms with Crippen LogP contribution in [-0.4, -0.2) is 41.8 Å². The molecule has 1 saturated heterocycles. The zero-order valence-electron chi connectivity index (χ0n) is 18.8. The van der Waals surface area contributed by atoms with Crippen molar-refractivity contribution < 1.29 is 11.0 Å². The number of nitrogens with one attached hydrogen (secondary N) is 1. The van der Waals surface area contributed by atoms with Crippen LogP contribution in [0.2, 0.25) is 0 Å². The zero-order chi connectivity index (χ0) is 22.1. The Morgan fingerprint density at radius 1 is 1.13 bits per heavy atom. The van der Waals surface area contributed by atoms with Gasteiger partial charge >= 0.3 is 0 Å². The molecule has 6 heteroatoms. The number of carbonyl (C=O) groups excluding carboxylic acids is 2. The molecule has 2 aromatic rings. The summed E-state index contributed by atoms with van der Waals surface area (Å²) in [5.74, 6) is 0.973. The maximum absolute atomic E-state index is 12.2. The molecular formula is C24H36N4O2. The monoisotopic (exact) mass is 412 g/mol. The van der Waals surface area contributed by atoms with E-state index in [1.807, 2.05) is 13.8 Å². The number of anilines is 3. The lowest BCUT2D eigenvalue weighted by Gasteiger charge is -2.20. The maximum atomic E-state index is 12.2. The Labute approximate surface area is 181 Å². The second kappa shape index (κ2) is 11.5. The third kappa shape index (κ3) is 5.89. The highest BCUT2D eigenvalue weighted by atomic mass is 16.2. The van der Waals surface area contributed by atoms with Crippen LogP contribution in [0.5, 0.6) is 0 Å². The number of benzene rings is 1. The van der Waals surface area contributed by atoms with Gasteiger partial charge in [-0.15, -0.1) is 0 Å². The van der Waals surface area contributed by atoms with Gasteiger partial charge in [-0.05, 0) is 69.6 Å². The van der Waals surface area contributed by atoms with Gasteiger partial charge in [0.2, 0.25) is 5.91 Å². The van der Waals surface area contributed by atoms with Gasteiger partial charge in [-0.2, -0.15) is 0 Å². The smallest absolute Gasteiger partial charge is 0.257 e. The van der Waals surface area contributed by atoms with Crippen LogP contribution in [-0.2, 0) is 4.79 Å². The quantitative estimate of drug-likeness (QED) is 0.634. The number of amides is 2. The molecule has 3 heterocycles. The van der Waals surface area contributed by atoms with Crippen LogP contribution in [0.25, 0.3) is 0 Å². The largest absolute Gasteiger partial charge is 0.319 e. The summed E-state index contributed by atoms with van der Waals surface area (Å²) in [7, 11) is 2.22.